The molecule has 1 fully saturated rings. The third-order valence-electron chi connectivity index (χ3n) is 3.18. The van der Waals surface area contributed by atoms with Gasteiger partial charge >= 0.3 is 5.69 Å². The monoisotopic (exact) mass is 348 g/mol. The Labute approximate surface area is 122 Å². The highest BCUT2D eigenvalue weighted by molar-refractivity contribution is 9.11. The molecule has 6 nitrogen and oxygen atoms in total. The lowest BCUT2D eigenvalue weighted by molar-refractivity contribution is -0.0392. The van der Waals surface area contributed by atoms with Crippen LogP contribution in [0.25, 0.3) is 6.08 Å². The summed E-state index contributed by atoms with van der Waals surface area (Å²) >= 11 is 3.07. The molecule has 20 heavy (non-hydrogen) atoms. The Morgan fingerprint density at radius 3 is 2.95 bits per heavy atom. The van der Waals surface area contributed by atoms with Crippen molar-refractivity contribution in [1.29, 1.82) is 0 Å². The lowest BCUT2D eigenvalue weighted by Gasteiger charge is -2.14. The van der Waals surface area contributed by atoms with Gasteiger partial charge in [-0.25, -0.2) is 9.18 Å². The van der Waals surface area contributed by atoms with Gasteiger partial charge in [0.15, 0.2) is 0 Å². The average Bonchev–Trinajstić information content (AvgIpc) is 2.85. The van der Waals surface area contributed by atoms with E-state index in [1.54, 1.807) is 0 Å². The molecule has 0 aromatic carbocycles. The highest BCUT2D eigenvalue weighted by atomic mass is 79.9. The largest absolute Gasteiger partial charge is 0.378 e. The van der Waals surface area contributed by atoms with Gasteiger partial charge in [0.2, 0.25) is 0 Å². The highest BCUT2D eigenvalue weighted by Crippen LogP contribution is 2.29. The number of H-pyrrole nitrogens is 1. The fraction of sp³-hybridized carbons (Fsp3) is 0.500. The molecule has 1 unspecified atom stereocenters. The van der Waals surface area contributed by atoms with Crippen LogP contribution in [0.1, 0.15) is 18.2 Å². The molecule has 1 aliphatic rings. The van der Waals surface area contributed by atoms with Crippen LogP contribution < -0.4 is 11.2 Å². The lowest BCUT2D eigenvalue weighted by atomic mass is 10.2. The maximum Gasteiger partial charge on any atom is 0.330 e. The van der Waals surface area contributed by atoms with Crippen LogP contribution in [0.3, 0.4) is 0 Å². The van der Waals surface area contributed by atoms with Gasteiger partial charge in [-0.1, -0.05) is 15.9 Å². The third kappa shape index (κ3) is 2.92. The molecule has 0 radical (unpaired) electrons. The van der Waals surface area contributed by atoms with Crippen LogP contribution in [0.5, 0.6) is 0 Å². The van der Waals surface area contributed by atoms with Crippen molar-refractivity contribution in [2.24, 2.45) is 0 Å². The summed E-state index contributed by atoms with van der Waals surface area (Å²) in [7, 11) is 1.47. The predicted molar refractivity (Wildman–Crippen MR) is 74.6 cm³/mol. The third-order valence-corrected chi connectivity index (χ3v) is 3.45. The highest BCUT2D eigenvalue weighted by Gasteiger charge is 2.36. The molecule has 2 rings (SSSR count). The molecule has 1 aromatic heterocycles. The van der Waals surface area contributed by atoms with Crippen molar-refractivity contribution in [3.8, 4) is 0 Å². The lowest BCUT2D eigenvalue weighted by Crippen LogP contribution is -2.33. The van der Waals surface area contributed by atoms with Crippen LogP contribution in [0.15, 0.2) is 20.8 Å². The Hall–Kier alpha value is -1.25. The number of hydrogen-bond donors (Lipinski definition) is 1. The molecule has 0 amide bonds. The van der Waals surface area contributed by atoms with Gasteiger partial charge in [-0.3, -0.25) is 14.3 Å². The molecule has 3 atom stereocenters. The van der Waals surface area contributed by atoms with E-state index in [1.807, 2.05) is 0 Å². The van der Waals surface area contributed by atoms with Crippen molar-refractivity contribution < 1.29 is 13.9 Å². The standard InChI is InChI=1S/C12H14BrFN2O4/c1-19-8-4-10(20-9(8)5-14)16-6-7(2-3-13)11(17)15-12(16)18/h2-3,6,8-10H,4-5H2,1H3,(H,15,17,18)/b3-2+/t8?,9-,10-/m0/s1. The molecule has 2 heterocycles. The van der Waals surface area contributed by atoms with E-state index < -0.39 is 36.4 Å². The zero-order valence-corrected chi connectivity index (χ0v) is 12.3. The maximum absolute atomic E-state index is 12.8. The number of aromatic nitrogens is 2. The number of nitrogens with zero attached hydrogens (tertiary/aromatic N) is 1. The Morgan fingerprint density at radius 1 is 1.65 bits per heavy atom. The normalized spacial score (nSPS) is 26.4. The van der Waals surface area contributed by atoms with Crippen molar-refractivity contribution in [1.82, 2.24) is 9.55 Å². The topological polar surface area (TPSA) is 73.3 Å². The van der Waals surface area contributed by atoms with Gasteiger partial charge in [0.05, 0.1) is 11.7 Å². The molecule has 1 aliphatic heterocycles. The van der Waals surface area contributed by atoms with Crippen molar-refractivity contribution >= 4 is 22.0 Å². The number of ether oxygens (including phenoxy) is 2. The minimum atomic E-state index is -0.709. The number of alkyl halides is 1. The molecule has 0 bridgehead atoms. The summed E-state index contributed by atoms with van der Waals surface area (Å²) in [5, 5.41) is 0. The number of nitrogens with one attached hydrogen (secondary N) is 1. The number of rotatable bonds is 4. The van der Waals surface area contributed by atoms with E-state index >= 15 is 0 Å². The molecule has 0 saturated carbocycles. The molecular weight excluding hydrogens is 335 g/mol. The second-order valence-corrected chi connectivity index (χ2v) is 4.87. The summed E-state index contributed by atoms with van der Waals surface area (Å²) in [6.07, 6.45) is 1.45. The molecule has 0 spiro atoms. The van der Waals surface area contributed by atoms with Crippen LogP contribution in [0.4, 0.5) is 4.39 Å². The van der Waals surface area contributed by atoms with Gasteiger partial charge in [-0.2, -0.15) is 0 Å². The smallest absolute Gasteiger partial charge is 0.330 e. The van der Waals surface area contributed by atoms with E-state index in [1.165, 1.54) is 28.9 Å². The van der Waals surface area contributed by atoms with Crippen molar-refractivity contribution in [3.63, 3.8) is 0 Å². The fourth-order valence-corrected chi connectivity index (χ4v) is 2.44. The number of hydrogen-bond acceptors (Lipinski definition) is 4. The summed E-state index contributed by atoms with van der Waals surface area (Å²) in [5.74, 6) is 0. The Balaban J connectivity index is 2.36. The Kier molecular flexibility index (Phi) is 4.90. The van der Waals surface area contributed by atoms with Gasteiger partial charge in [0, 0.05) is 19.7 Å². The second kappa shape index (κ2) is 6.47. The second-order valence-electron chi connectivity index (χ2n) is 4.34. The van der Waals surface area contributed by atoms with Crippen LogP contribution in [-0.2, 0) is 9.47 Å². The van der Waals surface area contributed by atoms with Gasteiger partial charge in [0.1, 0.15) is 19.0 Å². The van der Waals surface area contributed by atoms with Crippen molar-refractivity contribution in [2.75, 3.05) is 13.8 Å². The number of halogens is 2. The molecule has 0 aliphatic carbocycles. The van der Waals surface area contributed by atoms with Crippen LogP contribution in [0.2, 0.25) is 0 Å². The van der Waals surface area contributed by atoms with Gasteiger partial charge in [0.25, 0.3) is 5.56 Å². The van der Waals surface area contributed by atoms with Crippen LogP contribution in [0, 0.1) is 0 Å². The van der Waals surface area contributed by atoms with Crippen molar-refractivity contribution in [3.05, 3.63) is 37.6 Å². The van der Waals surface area contributed by atoms with E-state index in [4.69, 9.17) is 9.47 Å². The predicted octanol–water partition coefficient (Wildman–Crippen LogP) is 1.17. The summed E-state index contributed by atoms with van der Waals surface area (Å²) in [4.78, 5) is 27.1. The van der Waals surface area contributed by atoms with E-state index in [9.17, 15) is 14.0 Å². The molecular formula is C12H14BrFN2O4. The first-order valence-electron chi connectivity index (χ1n) is 5.97. The zero-order valence-electron chi connectivity index (χ0n) is 10.7. The van der Waals surface area contributed by atoms with Crippen LogP contribution >= 0.6 is 15.9 Å². The zero-order chi connectivity index (χ0) is 14.7. The summed E-state index contributed by atoms with van der Waals surface area (Å²) in [6, 6.07) is 0. The molecule has 1 aromatic rings. The quantitative estimate of drug-likeness (QED) is 0.886. The number of methoxy groups -OCH3 is 1. The number of aromatic amines is 1. The Morgan fingerprint density at radius 2 is 2.40 bits per heavy atom. The minimum Gasteiger partial charge on any atom is -0.378 e. The molecule has 8 heteroatoms. The SMILES string of the molecule is COC1C[C@@H](n2cc(/C=C/Br)c(=O)[nH]c2=O)O[C@H]1CF. The van der Waals surface area contributed by atoms with E-state index in [0.29, 0.717) is 12.0 Å². The molecule has 110 valence electrons. The van der Waals surface area contributed by atoms with Gasteiger partial charge < -0.3 is 9.47 Å². The van der Waals surface area contributed by atoms with Crippen molar-refractivity contribution in [2.45, 2.75) is 24.9 Å². The average molecular weight is 349 g/mol. The summed E-state index contributed by atoms with van der Waals surface area (Å²) < 4.78 is 24.7. The van der Waals surface area contributed by atoms with E-state index in [-0.39, 0.29) is 0 Å². The minimum absolute atomic E-state index is 0.294. The fourth-order valence-electron chi connectivity index (χ4n) is 2.16. The van der Waals surface area contributed by atoms with Gasteiger partial charge in [-0.05, 0) is 11.1 Å². The van der Waals surface area contributed by atoms with E-state index in [2.05, 4.69) is 20.9 Å². The maximum atomic E-state index is 12.8. The Bertz CT molecular complexity index is 600. The first-order chi connectivity index (χ1) is 9.60. The van der Waals surface area contributed by atoms with E-state index in [0.717, 1.165) is 0 Å². The van der Waals surface area contributed by atoms with Crippen LogP contribution in [-0.4, -0.2) is 35.5 Å². The van der Waals surface area contributed by atoms with Gasteiger partial charge in [-0.15, -0.1) is 0 Å². The summed E-state index contributed by atoms with van der Waals surface area (Å²) in [6.45, 7) is -0.693. The molecule has 1 N–H and O–H groups in total. The molecule has 1 saturated heterocycles. The summed E-state index contributed by atoms with van der Waals surface area (Å²) in [5.41, 5.74) is -0.797. The first kappa shape index (κ1) is 15.1. The first-order valence-corrected chi connectivity index (χ1v) is 6.88.